The van der Waals surface area contributed by atoms with Gasteiger partial charge in [0.2, 0.25) is 0 Å². The molecular formula is C12H21NO2. The fourth-order valence-corrected chi connectivity index (χ4v) is 3.09. The van der Waals surface area contributed by atoms with Crippen molar-refractivity contribution in [3.63, 3.8) is 0 Å². The number of likely N-dealkylation sites (tertiary alicyclic amines) is 1. The minimum atomic E-state index is -0.578. The third-order valence-corrected chi connectivity index (χ3v) is 3.91. The van der Waals surface area contributed by atoms with Gasteiger partial charge in [-0.05, 0) is 38.8 Å². The highest BCUT2D eigenvalue weighted by molar-refractivity contribution is 5.71. The topological polar surface area (TPSA) is 40.5 Å². The molecule has 1 aliphatic heterocycles. The lowest BCUT2D eigenvalue weighted by Crippen LogP contribution is -2.47. The average molecular weight is 211 g/mol. The molecule has 15 heavy (non-hydrogen) atoms. The monoisotopic (exact) mass is 211 g/mol. The molecule has 0 spiro atoms. The smallest absolute Gasteiger partial charge is 0.308 e. The van der Waals surface area contributed by atoms with Gasteiger partial charge in [0.15, 0.2) is 0 Å². The lowest BCUT2D eigenvalue weighted by molar-refractivity contribution is -0.145. The second kappa shape index (κ2) is 4.97. The Morgan fingerprint density at radius 2 is 1.67 bits per heavy atom. The highest BCUT2D eigenvalue weighted by Crippen LogP contribution is 2.30. The standard InChI is InChI=1S/C12H21NO2/c14-12(15)10-6-2-3-7-11(10)13-8-4-1-5-9-13/h10-11H,1-9H2,(H,14,15)/t10-,11-/m1/s1. The first-order valence-corrected chi connectivity index (χ1v) is 6.26. The fraction of sp³-hybridized carbons (Fsp3) is 0.917. The van der Waals surface area contributed by atoms with Crippen LogP contribution < -0.4 is 0 Å². The number of hydrogen-bond acceptors (Lipinski definition) is 2. The van der Waals surface area contributed by atoms with E-state index in [0.717, 1.165) is 32.4 Å². The van der Waals surface area contributed by atoms with Crippen molar-refractivity contribution in [2.75, 3.05) is 13.1 Å². The Morgan fingerprint density at radius 1 is 1.00 bits per heavy atom. The van der Waals surface area contributed by atoms with Gasteiger partial charge < -0.3 is 5.11 Å². The van der Waals surface area contributed by atoms with Crippen LogP contribution in [0.15, 0.2) is 0 Å². The molecule has 2 rings (SSSR count). The molecule has 1 saturated carbocycles. The van der Waals surface area contributed by atoms with Crippen molar-refractivity contribution >= 4 is 5.97 Å². The Hall–Kier alpha value is -0.570. The molecule has 3 nitrogen and oxygen atoms in total. The first-order chi connectivity index (χ1) is 7.29. The molecule has 0 bridgehead atoms. The maximum Gasteiger partial charge on any atom is 0.308 e. The molecular weight excluding hydrogens is 190 g/mol. The third kappa shape index (κ3) is 2.51. The van der Waals surface area contributed by atoms with E-state index < -0.39 is 5.97 Å². The molecule has 0 amide bonds. The Morgan fingerprint density at radius 3 is 2.33 bits per heavy atom. The zero-order valence-electron chi connectivity index (χ0n) is 9.32. The van der Waals surface area contributed by atoms with Crippen LogP contribution in [0.25, 0.3) is 0 Å². The van der Waals surface area contributed by atoms with Gasteiger partial charge in [-0.15, -0.1) is 0 Å². The lowest BCUT2D eigenvalue weighted by Gasteiger charge is -2.40. The Bertz CT molecular complexity index is 224. The van der Waals surface area contributed by atoms with E-state index in [-0.39, 0.29) is 5.92 Å². The van der Waals surface area contributed by atoms with Crippen LogP contribution in [0.1, 0.15) is 44.9 Å². The number of rotatable bonds is 2. The van der Waals surface area contributed by atoms with Gasteiger partial charge in [0.05, 0.1) is 5.92 Å². The van der Waals surface area contributed by atoms with E-state index in [9.17, 15) is 9.90 Å². The second-order valence-electron chi connectivity index (χ2n) is 4.89. The second-order valence-corrected chi connectivity index (χ2v) is 4.89. The number of carbonyl (C=O) groups is 1. The molecule has 0 aromatic carbocycles. The van der Waals surface area contributed by atoms with Crippen LogP contribution in [0.4, 0.5) is 0 Å². The van der Waals surface area contributed by atoms with Crippen molar-refractivity contribution in [1.82, 2.24) is 4.90 Å². The average Bonchev–Trinajstić information content (AvgIpc) is 2.30. The van der Waals surface area contributed by atoms with Crippen LogP contribution in [0.3, 0.4) is 0 Å². The number of carboxylic acids is 1. The number of nitrogens with zero attached hydrogens (tertiary/aromatic N) is 1. The van der Waals surface area contributed by atoms with Crippen LogP contribution in [0, 0.1) is 5.92 Å². The molecule has 2 fully saturated rings. The summed E-state index contributed by atoms with van der Waals surface area (Å²) in [5.74, 6) is -0.679. The molecule has 3 heteroatoms. The molecule has 1 aliphatic carbocycles. The number of aliphatic carboxylic acids is 1. The summed E-state index contributed by atoms with van der Waals surface area (Å²) in [6.07, 6.45) is 8.12. The zero-order chi connectivity index (χ0) is 10.7. The summed E-state index contributed by atoms with van der Waals surface area (Å²) in [6, 6.07) is 0.330. The molecule has 0 aromatic rings. The lowest BCUT2D eigenvalue weighted by atomic mass is 9.83. The van der Waals surface area contributed by atoms with E-state index in [2.05, 4.69) is 4.90 Å². The molecule has 2 atom stereocenters. The molecule has 0 radical (unpaired) electrons. The summed E-state index contributed by atoms with van der Waals surface area (Å²) < 4.78 is 0. The molecule has 0 aromatic heterocycles. The molecule has 0 unspecified atom stereocenters. The van der Waals surface area contributed by atoms with Crippen LogP contribution in [0.2, 0.25) is 0 Å². The van der Waals surface area contributed by atoms with E-state index in [1.807, 2.05) is 0 Å². The highest BCUT2D eigenvalue weighted by Gasteiger charge is 2.34. The molecule has 1 heterocycles. The van der Waals surface area contributed by atoms with Crippen molar-refractivity contribution in [2.45, 2.75) is 51.0 Å². The third-order valence-electron chi connectivity index (χ3n) is 3.91. The number of hydrogen-bond donors (Lipinski definition) is 1. The largest absolute Gasteiger partial charge is 0.481 e. The van der Waals surface area contributed by atoms with Crippen molar-refractivity contribution in [2.24, 2.45) is 5.92 Å². The first kappa shape index (κ1) is 10.9. The van der Waals surface area contributed by atoms with Crippen molar-refractivity contribution in [3.05, 3.63) is 0 Å². The molecule has 86 valence electrons. The molecule has 1 saturated heterocycles. The summed E-state index contributed by atoms with van der Waals surface area (Å²) in [5.41, 5.74) is 0. The summed E-state index contributed by atoms with van der Waals surface area (Å²) in [7, 11) is 0. The van der Waals surface area contributed by atoms with E-state index >= 15 is 0 Å². The van der Waals surface area contributed by atoms with Crippen molar-refractivity contribution in [1.29, 1.82) is 0 Å². The summed E-state index contributed by atoms with van der Waals surface area (Å²) in [4.78, 5) is 13.6. The Labute approximate surface area is 91.5 Å². The van der Waals surface area contributed by atoms with Crippen molar-refractivity contribution in [3.8, 4) is 0 Å². The number of piperidine rings is 1. The first-order valence-electron chi connectivity index (χ1n) is 6.26. The van der Waals surface area contributed by atoms with Crippen molar-refractivity contribution < 1.29 is 9.90 Å². The van der Waals surface area contributed by atoms with E-state index in [1.54, 1.807) is 0 Å². The molecule has 2 aliphatic rings. The Kier molecular flexibility index (Phi) is 3.62. The Balaban J connectivity index is 1.99. The summed E-state index contributed by atoms with van der Waals surface area (Å²) in [5, 5.41) is 9.21. The SMILES string of the molecule is O=C(O)[C@@H]1CCCC[C@H]1N1CCCCC1. The van der Waals surface area contributed by atoms with Gasteiger partial charge in [-0.2, -0.15) is 0 Å². The summed E-state index contributed by atoms with van der Waals surface area (Å²) in [6.45, 7) is 2.24. The minimum absolute atomic E-state index is 0.100. The highest BCUT2D eigenvalue weighted by atomic mass is 16.4. The van der Waals surface area contributed by atoms with Gasteiger partial charge in [0, 0.05) is 6.04 Å². The zero-order valence-corrected chi connectivity index (χ0v) is 9.32. The van der Waals surface area contributed by atoms with Crippen LogP contribution in [-0.2, 0) is 4.79 Å². The van der Waals surface area contributed by atoms with Gasteiger partial charge in [0.25, 0.3) is 0 Å². The number of carboxylic acid groups (broad SMARTS) is 1. The van der Waals surface area contributed by atoms with E-state index in [0.29, 0.717) is 6.04 Å². The van der Waals surface area contributed by atoms with Gasteiger partial charge in [0.1, 0.15) is 0 Å². The maximum atomic E-state index is 11.2. The van der Waals surface area contributed by atoms with Gasteiger partial charge in [-0.1, -0.05) is 19.3 Å². The predicted octanol–water partition coefficient (Wildman–Crippen LogP) is 2.12. The minimum Gasteiger partial charge on any atom is -0.481 e. The van der Waals surface area contributed by atoms with Gasteiger partial charge >= 0.3 is 5.97 Å². The van der Waals surface area contributed by atoms with E-state index in [1.165, 1.54) is 25.7 Å². The normalized spacial score (nSPS) is 33.9. The van der Waals surface area contributed by atoms with Crippen LogP contribution in [-0.4, -0.2) is 35.1 Å². The quantitative estimate of drug-likeness (QED) is 0.760. The summed E-state index contributed by atoms with van der Waals surface area (Å²) >= 11 is 0. The van der Waals surface area contributed by atoms with Crippen LogP contribution >= 0.6 is 0 Å². The van der Waals surface area contributed by atoms with Crippen LogP contribution in [0.5, 0.6) is 0 Å². The fourth-order valence-electron chi connectivity index (χ4n) is 3.09. The van der Waals surface area contributed by atoms with Gasteiger partial charge in [-0.3, -0.25) is 9.69 Å². The van der Waals surface area contributed by atoms with Gasteiger partial charge in [-0.25, -0.2) is 0 Å². The predicted molar refractivity (Wildman–Crippen MR) is 58.8 cm³/mol. The van der Waals surface area contributed by atoms with E-state index in [4.69, 9.17) is 0 Å². The molecule has 1 N–H and O–H groups in total. The maximum absolute atomic E-state index is 11.2.